The van der Waals surface area contributed by atoms with Gasteiger partial charge in [0.2, 0.25) is 0 Å². The van der Waals surface area contributed by atoms with Crippen molar-refractivity contribution in [2.45, 2.75) is 6.18 Å². The number of hydrogen-bond donors (Lipinski definition) is 0. The van der Waals surface area contributed by atoms with E-state index in [1.54, 1.807) is 29.1 Å². The van der Waals surface area contributed by atoms with Gasteiger partial charge in [-0.15, -0.1) is 0 Å². The van der Waals surface area contributed by atoms with Crippen LogP contribution in [-0.2, 0) is 0 Å². The SMILES string of the molecule is O=C(/C=C(\[O-])C(F)(F)F)c1ccc(-n2ccnc2)cc1.[Na+]. The first-order valence-electron chi connectivity index (χ1n) is 5.46. The molecule has 2 rings (SSSR count). The Morgan fingerprint density at radius 3 is 2.33 bits per heavy atom. The second-order valence-electron chi connectivity index (χ2n) is 3.89. The fourth-order valence-electron chi connectivity index (χ4n) is 1.49. The van der Waals surface area contributed by atoms with Crippen LogP contribution in [0.25, 0.3) is 5.69 Å². The van der Waals surface area contributed by atoms with Gasteiger partial charge < -0.3 is 9.67 Å². The molecule has 0 radical (unpaired) electrons. The van der Waals surface area contributed by atoms with Gasteiger partial charge in [-0.25, -0.2) is 4.98 Å². The molecule has 0 fully saturated rings. The van der Waals surface area contributed by atoms with Crippen LogP contribution in [0.15, 0.2) is 54.8 Å². The summed E-state index contributed by atoms with van der Waals surface area (Å²) in [5, 5.41) is 10.7. The maximum atomic E-state index is 12.0. The second kappa shape index (κ2) is 6.93. The van der Waals surface area contributed by atoms with E-state index in [2.05, 4.69) is 4.98 Å². The van der Waals surface area contributed by atoms with Crippen LogP contribution in [0, 0.1) is 0 Å². The summed E-state index contributed by atoms with van der Waals surface area (Å²) >= 11 is 0. The molecule has 0 saturated heterocycles. The fourth-order valence-corrected chi connectivity index (χ4v) is 1.49. The smallest absolute Gasteiger partial charge is 0.869 e. The predicted molar refractivity (Wildman–Crippen MR) is 62.0 cm³/mol. The number of ketones is 1. The number of imidazole rings is 1. The zero-order valence-electron chi connectivity index (χ0n) is 11.0. The Morgan fingerprint density at radius 2 is 1.86 bits per heavy atom. The number of halogens is 3. The first-order valence-corrected chi connectivity index (χ1v) is 5.46. The van der Waals surface area contributed by atoms with Crippen molar-refractivity contribution in [2.75, 3.05) is 0 Å². The topological polar surface area (TPSA) is 57.9 Å². The van der Waals surface area contributed by atoms with Gasteiger partial charge in [0, 0.05) is 23.6 Å². The molecule has 8 heteroatoms. The molecule has 0 unspecified atom stereocenters. The molecule has 0 N–H and O–H groups in total. The van der Waals surface area contributed by atoms with E-state index in [1.165, 1.54) is 18.5 Å². The summed E-state index contributed by atoms with van der Waals surface area (Å²) in [6.45, 7) is 0. The first-order chi connectivity index (χ1) is 9.38. The summed E-state index contributed by atoms with van der Waals surface area (Å²) in [5.74, 6) is -3.15. The zero-order valence-corrected chi connectivity index (χ0v) is 13.0. The fraction of sp³-hybridized carbons (Fsp3) is 0.0769. The molecule has 0 spiro atoms. The van der Waals surface area contributed by atoms with Gasteiger partial charge in [-0.05, 0) is 36.1 Å². The molecule has 0 atom stereocenters. The molecule has 4 nitrogen and oxygen atoms in total. The number of hydrogen-bond acceptors (Lipinski definition) is 3. The number of nitrogens with zero attached hydrogens (tertiary/aromatic N) is 2. The third kappa shape index (κ3) is 4.45. The monoisotopic (exact) mass is 304 g/mol. The Bertz CT molecular complexity index is 634. The Balaban J connectivity index is 0.00000220. The Labute approximate surface area is 140 Å². The van der Waals surface area contributed by atoms with Crippen LogP contribution < -0.4 is 34.7 Å². The van der Waals surface area contributed by atoms with Gasteiger partial charge >= 0.3 is 35.7 Å². The molecular formula is C13H8F3N2NaO2. The number of carbonyl (C=O) groups is 1. The number of rotatable bonds is 3. The Morgan fingerprint density at radius 1 is 1.24 bits per heavy atom. The van der Waals surface area contributed by atoms with Crippen molar-refractivity contribution < 1.29 is 52.6 Å². The van der Waals surface area contributed by atoms with Crippen LogP contribution in [0.1, 0.15) is 10.4 Å². The molecule has 0 saturated carbocycles. The van der Waals surface area contributed by atoms with Gasteiger partial charge in [-0.3, -0.25) is 4.79 Å². The summed E-state index contributed by atoms with van der Waals surface area (Å²) in [6.07, 6.45) is -0.209. The normalized spacial score (nSPS) is 11.9. The minimum atomic E-state index is -5.04. The van der Waals surface area contributed by atoms with Gasteiger partial charge in [-0.2, -0.15) is 13.2 Å². The molecule has 0 aliphatic carbocycles. The molecule has 0 amide bonds. The minimum absolute atomic E-state index is 0. The number of aromatic nitrogens is 2. The average molecular weight is 304 g/mol. The third-order valence-electron chi connectivity index (χ3n) is 2.50. The van der Waals surface area contributed by atoms with Crippen molar-refractivity contribution in [3.63, 3.8) is 0 Å². The number of allylic oxidation sites excluding steroid dienone is 2. The molecule has 0 aliphatic rings. The summed E-state index contributed by atoms with van der Waals surface area (Å²) in [7, 11) is 0. The van der Waals surface area contributed by atoms with E-state index in [4.69, 9.17) is 0 Å². The van der Waals surface area contributed by atoms with E-state index in [0.29, 0.717) is 5.69 Å². The van der Waals surface area contributed by atoms with Crippen LogP contribution in [0.3, 0.4) is 0 Å². The van der Waals surface area contributed by atoms with Gasteiger partial charge in [0.1, 0.15) is 0 Å². The van der Waals surface area contributed by atoms with E-state index in [1.807, 2.05) is 0 Å². The Kier molecular flexibility index (Phi) is 5.77. The van der Waals surface area contributed by atoms with Crippen LogP contribution in [0.5, 0.6) is 0 Å². The number of carbonyl (C=O) groups excluding carboxylic acids is 1. The van der Waals surface area contributed by atoms with E-state index < -0.39 is 17.7 Å². The second-order valence-corrected chi connectivity index (χ2v) is 3.89. The van der Waals surface area contributed by atoms with Crippen LogP contribution in [0.2, 0.25) is 0 Å². The van der Waals surface area contributed by atoms with Gasteiger partial charge in [0.15, 0.2) is 5.78 Å². The quantitative estimate of drug-likeness (QED) is 0.312. The molecule has 0 aliphatic heterocycles. The molecule has 21 heavy (non-hydrogen) atoms. The van der Waals surface area contributed by atoms with Crippen molar-refractivity contribution in [1.82, 2.24) is 9.55 Å². The summed E-state index contributed by atoms with van der Waals surface area (Å²) < 4.78 is 37.8. The predicted octanol–water partition coefficient (Wildman–Crippen LogP) is -1.13. The summed E-state index contributed by atoms with van der Waals surface area (Å²) in [6, 6.07) is 5.78. The largest absolute Gasteiger partial charge is 1.00 e. The molecule has 1 aromatic heterocycles. The summed E-state index contributed by atoms with van der Waals surface area (Å²) in [4.78, 5) is 15.3. The van der Waals surface area contributed by atoms with Crippen LogP contribution in [-0.4, -0.2) is 21.5 Å². The van der Waals surface area contributed by atoms with Crippen LogP contribution >= 0.6 is 0 Å². The third-order valence-corrected chi connectivity index (χ3v) is 2.50. The van der Waals surface area contributed by atoms with E-state index in [9.17, 15) is 23.1 Å². The maximum Gasteiger partial charge on any atom is 1.00 e. The first kappa shape index (κ1) is 17.5. The van der Waals surface area contributed by atoms with E-state index in [0.717, 1.165) is 0 Å². The minimum Gasteiger partial charge on any atom is -0.869 e. The Hall–Kier alpha value is -1.57. The molecule has 104 valence electrons. The van der Waals surface area contributed by atoms with Crippen molar-refractivity contribution in [2.24, 2.45) is 0 Å². The number of benzene rings is 1. The van der Waals surface area contributed by atoms with Crippen molar-refractivity contribution in [3.05, 3.63) is 60.4 Å². The van der Waals surface area contributed by atoms with Crippen molar-refractivity contribution >= 4 is 5.78 Å². The summed E-state index contributed by atoms with van der Waals surface area (Å²) in [5.41, 5.74) is 0.702. The van der Waals surface area contributed by atoms with Gasteiger partial charge in [0.25, 0.3) is 0 Å². The molecule has 1 aromatic carbocycles. The molecule has 1 heterocycles. The molecule has 0 bridgehead atoms. The van der Waals surface area contributed by atoms with Crippen molar-refractivity contribution in [1.29, 1.82) is 0 Å². The molecule has 2 aromatic rings. The standard InChI is InChI=1S/C13H9F3N2O2.Na/c14-13(15,16)12(20)7-11(19)9-1-3-10(4-2-9)18-6-5-17-8-18;/h1-8,20H;/q;+1/p-1/b12-7-;. The van der Waals surface area contributed by atoms with Crippen LogP contribution in [0.4, 0.5) is 13.2 Å². The molecular weight excluding hydrogens is 296 g/mol. The maximum absolute atomic E-state index is 12.0. The van der Waals surface area contributed by atoms with Gasteiger partial charge in [-0.1, -0.05) is 0 Å². The van der Waals surface area contributed by atoms with E-state index >= 15 is 0 Å². The average Bonchev–Trinajstić information content (AvgIpc) is 2.91. The van der Waals surface area contributed by atoms with Crippen molar-refractivity contribution in [3.8, 4) is 5.69 Å². The van der Waals surface area contributed by atoms with Gasteiger partial charge in [0.05, 0.1) is 6.33 Å². The van der Waals surface area contributed by atoms with E-state index in [-0.39, 0.29) is 41.2 Å². The number of alkyl halides is 3. The zero-order chi connectivity index (χ0) is 14.8.